The van der Waals surface area contributed by atoms with Crippen LogP contribution in [0.4, 0.5) is 5.95 Å². The van der Waals surface area contributed by atoms with Crippen LogP contribution in [0.5, 0.6) is 0 Å². The average Bonchev–Trinajstić information content (AvgIpc) is 2.53. The number of hydrogen-bond donors (Lipinski definition) is 1. The first kappa shape index (κ1) is 13.7. The molecule has 0 fully saturated rings. The zero-order chi connectivity index (χ0) is 15.2. The summed E-state index contributed by atoms with van der Waals surface area (Å²) in [5, 5.41) is 3.05. The monoisotopic (exact) mass is 280 g/mol. The van der Waals surface area contributed by atoms with Crippen LogP contribution in [0.25, 0.3) is 11.3 Å². The van der Waals surface area contributed by atoms with Gasteiger partial charge < -0.3 is 5.32 Å². The normalized spacial score (nSPS) is 15.6. The maximum Gasteiger partial charge on any atom is 0.223 e. The largest absolute Gasteiger partial charge is 0.357 e. The molecule has 2 aromatic rings. The molecule has 1 aliphatic heterocycles. The molecule has 0 amide bonds. The number of fused-ring (bicyclic) bond motifs is 3. The molecule has 1 aromatic heterocycles. The summed E-state index contributed by atoms with van der Waals surface area (Å²) in [5.41, 5.74) is 6.03. The van der Waals surface area contributed by atoms with Crippen LogP contribution in [0.15, 0.2) is 29.3 Å². The number of nitrogens with one attached hydrogen (secondary N) is 1. The molecule has 108 valence electrons. The summed E-state index contributed by atoms with van der Waals surface area (Å²) in [6.07, 6.45) is 0. The number of hydrogen-bond acceptors (Lipinski definition) is 4. The van der Waals surface area contributed by atoms with Gasteiger partial charge in [-0.05, 0) is 27.7 Å². The Morgan fingerprint density at radius 3 is 2.33 bits per heavy atom. The predicted molar refractivity (Wildman–Crippen MR) is 87.0 cm³/mol. The van der Waals surface area contributed by atoms with Crippen LogP contribution in [-0.2, 0) is 5.54 Å². The van der Waals surface area contributed by atoms with Gasteiger partial charge in [0.25, 0.3) is 0 Å². The molecule has 0 aliphatic carbocycles. The molecule has 3 rings (SSSR count). The van der Waals surface area contributed by atoms with Crippen molar-refractivity contribution < 1.29 is 0 Å². The van der Waals surface area contributed by atoms with Gasteiger partial charge in [-0.1, -0.05) is 24.3 Å². The fraction of sp³-hybridized carbons (Fsp3) is 0.353. The van der Waals surface area contributed by atoms with E-state index in [0.29, 0.717) is 5.95 Å². The third-order valence-electron chi connectivity index (χ3n) is 3.94. The van der Waals surface area contributed by atoms with Crippen molar-refractivity contribution in [2.45, 2.75) is 33.2 Å². The van der Waals surface area contributed by atoms with Crippen LogP contribution < -0.4 is 5.32 Å². The lowest BCUT2D eigenvalue weighted by atomic mass is 9.89. The van der Waals surface area contributed by atoms with E-state index in [1.54, 1.807) is 0 Å². The van der Waals surface area contributed by atoms with Crippen LogP contribution in [0, 0.1) is 6.92 Å². The highest BCUT2D eigenvalue weighted by atomic mass is 15.1. The van der Waals surface area contributed by atoms with Crippen LogP contribution in [0.2, 0.25) is 0 Å². The van der Waals surface area contributed by atoms with Gasteiger partial charge in [-0.25, -0.2) is 9.97 Å². The molecule has 0 spiro atoms. The lowest BCUT2D eigenvalue weighted by Crippen LogP contribution is -2.19. The smallest absolute Gasteiger partial charge is 0.223 e. The van der Waals surface area contributed by atoms with Gasteiger partial charge in [0.2, 0.25) is 5.95 Å². The van der Waals surface area contributed by atoms with Gasteiger partial charge in [0.1, 0.15) is 0 Å². The Bertz CT molecular complexity index is 744. The Morgan fingerprint density at radius 1 is 1.00 bits per heavy atom. The molecule has 1 aromatic carbocycles. The quantitative estimate of drug-likeness (QED) is 0.869. The van der Waals surface area contributed by atoms with Crippen molar-refractivity contribution in [3.8, 4) is 11.3 Å². The second-order valence-corrected chi connectivity index (χ2v) is 5.91. The Labute approximate surface area is 125 Å². The summed E-state index contributed by atoms with van der Waals surface area (Å²) >= 11 is 0. The van der Waals surface area contributed by atoms with E-state index in [-0.39, 0.29) is 5.54 Å². The van der Waals surface area contributed by atoms with Crippen molar-refractivity contribution in [3.63, 3.8) is 0 Å². The van der Waals surface area contributed by atoms with Gasteiger partial charge >= 0.3 is 0 Å². The van der Waals surface area contributed by atoms with Crippen LogP contribution in [-0.4, -0.2) is 22.7 Å². The van der Waals surface area contributed by atoms with Gasteiger partial charge in [-0.2, -0.15) is 0 Å². The van der Waals surface area contributed by atoms with Gasteiger partial charge in [-0.15, -0.1) is 0 Å². The number of benzene rings is 1. The van der Waals surface area contributed by atoms with E-state index in [0.717, 1.165) is 33.8 Å². The average molecular weight is 280 g/mol. The highest BCUT2D eigenvalue weighted by Crippen LogP contribution is 2.40. The Balaban J connectivity index is 2.45. The first-order valence-corrected chi connectivity index (χ1v) is 7.17. The molecule has 1 aliphatic rings. The molecule has 0 saturated heterocycles. The summed E-state index contributed by atoms with van der Waals surface area (Å²) in [6, 6.07) is 8.31. The topological polar surface area (TPSA) is 50.2 Å². The highest BCUT2D eigenvalue weighted by Gasteiger charge is 2.31. The number of anilines is 1. The Morgan fingerprint density at radius 2 is 1.67 bits per heavy atom. The Kier molecular flexibility index (Phi) is 3.04. The van der Waals surface area contributed by atoms with E-state index in [2.05, 4.69) is 43.2 Å². The number of aryl methyl sites for hydroxylation is 1. The molecule has 0 radical (unpaired) electrons. The molecule has 0 saturated carbocycles. The van der Waals surface area contributed by atoms with Crippen LogP contribution in [0.1, 0.15) is 37.6 Å². The lowest BCUT2D eigenvalue weighted by Gasteiger charge is -2.23. The van der Waals surface area contributed by atoms with Gasteiger partial charge in [0, 0.05) is 35.1 Å². The molecule has 0 bridgehead atoms. The number of aliphatic imine (C=N–C) groups is 1. The number of rotatable bonds is 1. The summed E-state index contributed by atoms with van der Waals surface area (Å²) < 4.78 is 0. The first-order valence-electron chi connectivity index (χ1n) is 7.17. The molecule has 4 nitrogen and oxygen atoms in total. The summed E-state index contributed by atoms with van der Waals surface area (Å²) in [7, 11) is 1.84. The molecule has 0 atom stereocenters. The summed E-state index contributed by atoms with van der Waals surface area (Å²) in [4.78, 5) is 14.2. The maximum atomic E-state index is 4.92. The molecule has 0 unspecified atom stereocenters. The van der Waals surface area contributed by atoms with E-state index < -0.39 is 0 Å². The van der Waals surface area contributed by atoms with Crippen LogP contribution in [0.3, 0.4) is 0 Å². The van der Waals surface area contributed by atoms with Crippen molar-refractivity contribution in [3.05, 3.63) is 41.1 Å². The second kappa shape index (κ2) is 4.65. The van der Waals surface area contributed by atoms with Crippen molar-refractivity contribution in [2.75, 3.05) is 12.4 Å². The molecule has 21 heavy (non-hydrogen) atoms. The first-order chi connectivity index (χ1) is 9.94. The minimum atomic E-state index is -0.339. The summed E-state index contributed by atoms with van der Waals surface area (Å²) in [6.45, 7) is 8.34. The van der Waals surface area contributed by atoms with Gasteiger partial charge in [-0.3, -0.25) is 4.99 Å². The Hall–Kier alpha value is -2.23. The standard InChI is InChI=1S/C17H20N4/c1-10-12-8-6-7-9-13(12)15-14(17(3,4)21-10)11(2)19-16(18-5)20-15/h6-9H,1-5H3,(H,18,19,20). The third-order valence-corrected chi connectivity index (χ3v) is 3.94. The van der Waals surface area contributed by atoms with Gasteiger partial charge in [0.15, 0.2) is 0 Å². The molecular formula is C17H20N4. The SMILES string of the molecule is CNc1nc(C)c2c(n1)-c1ccccc1C(C)=NC2(C)C. The molecule has 4 heteroatoms. The van der Waals surface area contributed by atoms with Crippen molar-refractivity contribution in [1.82, 2.24) is 9.97 Å². The zero-order valence-corrected chi connectivity index (χ0v) is 13.2. The minimum Gasteiger partial charge on any atom is -0.357 e. The van der Waals surface area contributed by atoms with Crippen molar-refractivity contribution in [2.24, 2.45) is 4.99 Å². The van der Waals surface area contributed by atoms with E-state index in [1.165, 1.54) is 0 Å². The zero-order valence-electron chi connectivity index (χ0n) is 13.2. The summed E-state index contributed by atoms with van der Waals surface area (Å²) in [5.74, 6) is 0.649. The minimum absolute atomic E-state index is 0.339. The third kappa shape index (κ3) is 2.11. The van der Waals surface area contributed by atoms with Crippen LogP contribution >= 0.6 is 0 Å². The predicted octanol–water partition coefficient (Wildman–Crippen LogP) is 3.55. The number of aromatic nitrogens is 2. The molecular weight excluding hydrogens is 260 g/mol. The lowest BCUT2D eigenvalue weighted by molar-refractivity contribution is 0.552. The highest BCUT2D eigenvalue weighted by molar-refractivity contribution is 6.05. The van der Waals surface area contributed by atoms with E-state index >= 15 is 0 Å². The number of nitrogens with zero attached hydrogens (tertiary/aromatic N) is 3. The molecule has 1 N–H and O–H groups in total. The van der Waals surface area contributed by atoms with Gasteiger partial charge in [0.05, 0.1) is 11.2 Å². The van der Waals surface area contributed by atoms with Crippen molar-refractivity contribution in [1.29, 1.82) is 0 Å². The second-order valence-electron chi connectivity index (χ2n) is 5.91. The fourth-order valence-corrected chi connectivity index (χ4v) is 3.15. The maximum absolute atomic E-state index is 4.92. The fourth-order valence-electron chi connectivity index (χ4n) is 3.15. The van der Waals surface area contributed by atoms with E-state index in [1.807, 2.05) is 26.1 Å². The molecule has 2 heterocycles. The van der Waals surface area contributed by atoms with E-state index in [9.17, 15) is 0 Å². The van der Waals surface area contributed by atoms with Crippen molar-refractivity contribution >= 4 is 11.7 Å². The van der Waals surface area contributed by atoms with E-state index in [4.69, 9.17) is 9.98 Å².